The van der Waals surface area contributed by atoms with Crippen molar-refractivity contribution in [3.63, 3.8) is 0 Å². The molecule has 2 nitrogen and oxygen atoms in total. The van der Waals surface area contributed by atoms with Crippen molar-refractivity contribution in [2.24, 2.45) is 23.7 Å². The lowest BCUT2D eigenvalue weighted by Gasteiger charge is -2.28. The molecule has 0 aromatic heterocycles. The molecule has 0 N–H and O–H groups in total. The lowest BCUT2D eigenvalue weighted by atomic mass is 9.78. The van der Waals surface area contributed by atoms with E-state index in [-0.39, 0.29) is 11.9 Å². The molecule has 0 aromatic carbocycles. The van der Waals surface area contributed by atoms with Gasteiger partial charge in [-0.2, -0.15) is 0 Å². The number of ether oxygens (including phenoxy) is 1. The Kier molecular flexibility index (Phi) is 6.79. The van der Waals surface area contributed by atoms with Gasteiger partial charge in [0.05, 0.1) is 13.0 Å². The highest BCUT2D eigenvalue weighted by atomic mass is 16.5. The van der Waals surface area contributed by atoms with E-state index in [1.165, 1.54) is 45.6 Å². The standard InChI is InChI=1S/C19H32O2/c1-3-4-15-5-7-16(8-6-15)9-10-17-11-13-18(14-12-17)19(20)21-2/h9-10,15-18H,3-8,11-14H2,1-2H3/t15-,16-,17-,18-. The highest BCUT2D eigenvalue weighted by molar-refractivity contribution is 5.72. The zero-order valence-corrected chi connectivity index (χ0v) is 13.9. The van der Waals surface area contributed by atoms with Gasteiger partial charge in [-0.25, -0.2) is 0 Å². The fourth-order valence-electron chi connectivity index (χ4n) is 4.11. The van der Waals surface area contributed by atoms with Gasteiger partial charge in [-0.1, -0.05) is 31.9 Å². The van der Waals surface area contributed by atoms with Crippen LogP contribution in [0.5, 0.6) is 0 Å². The minimum Gasteiger partial charge on any atom is -0.469 e. The van der Waals surface area contributed by atoms with Crippen molar-refractivity contribution in [3.05, 3.63) is 12.2 Å². The second kappa shape index (κ2) is 8.60. The minimum atomic E-state index is -0.00771. The molecular formula is C19H32O2. The lowest BCUT2D eigenvalue weighted by molar-refractivity contribution is -0.146. The van der Waals surface area contributed by atoms with Gasteiger partial charge in [-0.05, 0) is 69.1 Å². The predicted molar refractivity (Wildman–Crippen MR) is 87.0 cm³/mol. The quantitative estimate of drug-likeness (QED) is 0.519. The van der Waals surface area contributed by atoms with E-state index in [0.717, 1.165) is 37.5 Å². The molecular weight excluding hydrogens is 260 g/mol. The number of rotatable bonds is 5. The SMILES string of the molecule is CCC[C@H]1CC[C@H](C=C[C@H]2CC[C@H](C(=O)OC)CC2)CC1. The van der Waals surface area contributed by atoms with E-state index >= 15 is 0 Å². The van der Waals surface area contributed by atoms with E-state index in [4.69, 9.17) is 4.74 Å². The van der Waals surface area contributed by atoms with E-state index < -0.39 is 0 Å². The maximum absolute atomic E-state index is 11.5. The van der Waals surface area contributed by atoms with Crippen LogP contribution in [0.25, 0.3) is 0 Å². The third-order valence-corrected chi connectivity index (χ3v) is 5.55. The number of methoxy groups -OCH3 is 1. The summed E-state index contributed by atoms with van der Waals surface area (Å²) < 4.78 is 4.85. The topological polar surface area (TPSA) is 26.3 Å². The van der Waals surface area contributed by atoms with Crippen LogP contribution in [0.15, 0.2) is 12.2 Å². The molecule has 21 heavy (non-hydrogen) atoms. The van der Waals surface area contributed by atoms with Crippen LogP contribution < -0.4 is 0 Å². The Morgan fingerprint density at radius 2 is 1.48 bits per heavy atom. The summed E-state index contributed by atoms with van der Waals surface area (Å²) in [5.41, 5.74) is 0. The highest BCUT2D eigenvalue weighted by Crippen LogP contribution is 2.34. The van der Waals surface area contributed by atoms with Gasteiger partial charge in [-0.15, -0.1) is 0 Å². The smallest absolute Gasteiger partial charge is 0.308 e. The Hall–Kier alpha value is -0.790. The summed E-state index contributed by atoms with van der Waals surface area (Å²) >= 11 is 0. The summed E-state index contributed by atoms with van der Waals surface area (Å²) in [7, 11) is 1.50. The van der Waals surface area contributed by atoms with Gasteiger partial charge in [0.1, 0.15) is 0 Å². The molecule has 2 rings (SSSR count). The number of carbonyl (C=O) groups is 1. The Labute approximate surface area is 130 Å². The fourth-order valence-corrected chi connectivity index (χ4v) is 4.11. The number of carbonyl (C=O) groups excluding carboxylic acids is 1. The van der Waals surface area contributed by atoms with Gasteiger partial charge in [0.25, 0.3) is 0 Å². The Morgan fingerprint density at radius 3 is 1.95 bits per heavy atom. The van der Waals surface area contributed by atoms with Crippen molar-refractivity contribution in [1.82, 2.24) is 0 Å². The number of esters is 1. The maximum Gasteiger partial charge on any atom is 0.308 e. The summed E-state index contributed by atoms with van der Waals surface area (Å²) in [6, 6.07) is 0. The van der Waals surface area contributed by atoms with Crippen molar-refractivity contribution < 1.29 is 9.53 Å². The van der Waals surface area contributed by atoms with Gasteiger partial charge in [0.2, 0.25) is 0 Å². The highest BCUT2D eigenvalue weighted by Gasteiger charge is 2.26. The molecule has 0 aliphatic heterocycles. The first-order valence-corrected chi connectivity index (χ1v) is 8.99. The van der Waals surface area contributed by atoms with E-state index in [1.807, 2.05) is 0 Å². The number of allylic oxidation sites excluding steroid dienone is 2. The summed E-state index contributed by atoms with van der Waals surface area (Å²) in [5.74, 6) is 2.65. The van der Waals surface area contributed by atoms with Crippen LogP contribution in [-0.4, -0.2) is 13.1 Å². The van der Waals surface area contributed by atoms with Crippen LogP contribution in [0, 0.1) is 23.7 Å². The van der Waals surface area contributed by atoms with Gasteiger partial charge in [0.15, 0.2) is 0 Å². The van der Waals surface area contributed by atoms with Crippen LogP contribution in [0.3, 0.4) is 0 Å². The third-order valence-electron chi connectivity index (χ3n) is 5.55. The zero-order valence-electron chi connectivity index (χ0n) is 13.9. The van der Waals surface area contributed by atoms with E-state index in [0.29, 0.717) is 5.92 Å². The average Bonchev–Trinajstić information content (AvgIpc) is 2.54. The molecule has 120 valence electrons. The molecule has 2 saturated carbocycles. The summed E-state index contributed by atoms with van der Waals surface area (Å²) in [6.07, 6.45) is 17.7. The first kappa shape index (κ1) is 16.6. The normalized spacial score (nSPS) is 34.0. The second-order valence-electron chi connectivity index (χ2n) is 7.09. The van der Waals surface area contributed by atoms with Crippen LogP contribution in [0.2, 0.25) is 0 Å². The molecule has 0 saturated heterocycles. The van der Waals surface area contributed by atoms with Crippen molar-refractivity contribution in [1.29, 1.82) is 0 Å². The van der Waals surface area contributed by atoms with Crippen molar-refractivity contribution in [3.8, 4) is 0 Å². The summed E-state index contributed by atoms with van der Waals surface area (Å²) in [6.45, 7) is 2.30. The van der Waals surface area contributed by atoms with E-state index in [2.05, 4.69) is 19.1 Å². The van der Waals surface area contributed by atoms with Crippen LogP contribution in [0.1, 0.15) is 71.1 Å². The van der Waals surface area contributed by atoms with Crippen LogP contribution >= 0.6 is 0 Å². The monoisotopic (exact) mass is 292 g/mol. The molecule has 2 fully saturated rings. The lowest BCUT2D eigenvalue weighted by Crippen LogP contribution is -2.22. The Morgan fingerprint density at radius 1 is 0.952 bits per heavy atom. The van der Waals surface area contributed by atoms with Crippen LogP contribution in [-0.2, 0) is 9.53 Å². The molecule has 0 radical (unpaired) electrons. The molecule has 0 amide bonds. The second-order valence-corrected chi connectivity index (χ2v) is 7.09. The first-order chi connectivity index (χ1) is 10.2. The molecule has 2 aliphatic rings. The molecule has 0 bridgehead atoms. The molecule has 0 aromatic rings. The van der Waals surface area contributed by atoms with E-state index in [1.54, 1.807) is 0 Å². The van der Waals surface area contributed by atoms with Gasteiger partial charge < -0.3 is 4.74 Å². The summed E-state index contributed by atoms with van der Waals surface area (Å²) in [5, 5.41) is 0. The summed E-state index contributed by atoms with van der Waals surface area (Å²) in [4.78, 5) is 11.5. The molecule has 0 unspecified atom stereocenters. The van der Waals surface area contributed by atoms with Gasteiger partial charge in [0, 0.05) is 0 Å². The van der Waals surface area contributed by atoms with Crippen LogP contribution in [0.4, 0.5) is 0 Å². The number of hydrogen-bond acceptors (Lipinski definition) is 2. The molecule has 2 heteroatoms. The Balaban J connectivity index is 1.68. The molecule has 0 heterocycles. The average molecular weight is 292 g/mol. The van der Waals surface area contributed by atoms with E-state index in [9.17, 15) is 4.79 Å². The largest absolute Gasteiger partial charge is 0.469 e. The molecule has 0 atom stereocenters. The minimum absolute atomic E-state index is 0.00771. The third kappa shape index (κ3) is 5.16. The van der Waals surface area contributed by atoms with Gasteiger partial charge >= 0.3 is 5.97 Å². The van der Waals surface area contributed by atoms with Crippen molar-refractivity contribution >= 4 is 5.97 Å². The fraction of sp³-hybridized carbons (Fsp3) is 0.842. The maximum atomic E-state index is 11.5. The van der Waals surface area contributed by atoms with Crippen molar-refractivity contribution in [2.45, 2.75) is 71.1 Å². The Bertz CT molecular complexity index is 331. The zero-order chi connectivity index (χ0) is 15.1. The van der Waals surface area contributed by atoms with Crippen molar-refractivity contribution in [2.75, 3.05) is 7.11 Å². The van der Waals surface area contributed by atoms with Gasteiger partial charge in [-0.3, -0.25) is 4.79 Å². The number of hydrogen-bond donors (Lipinski definition) is 0. The molecule has 0 spiro atoms. The first-order valence-electron chi connectivity index (χ1n) is 8.99. The predicted octanol–water partition coefficient (Wildman–Crippen LogP) is 5.13. The molecule has 2 aliphatic carbocycles.